The lowest BCUT2D eigenvalue weighted by Gasteiger charge is -2.34. The summed E-state index contributed by atoms with van der Waals surface area (Å²) < 4.78 is 14.1. The summed E-state index contributed by atoms with van der Waals surface area (Å²) in [6.45, 7) is 4.61. The van der Waals surface area contributed by atoms with E-state index in [1.165, 1.54) is 25.1 Å². The Hall–Kier alpha value is -2.74. The Morgan fingerprint density at radius 3 is 2.68 bits per heavy atom. The van der Waals surface area contributed by atoms with E-state index in [-0.39, 0.29) is 17.4 Å². The van der Waals surface area contributed by atoms with Crippen LogP contribution in [-0.4, -0.2) is 58.0 Å². The average Bonchev–Trinajstić information content (AvgIpc) is 3.09. The van der Waals surface area contributed by atoms with Crippen LogP contribution in [0.5, 0.6) is 0 Å². The first-order valence-corrected chi connectivity index (χ1v) is 8.09. The van der Waals surface area contributed by atoms with Crippen LogP contribution in [0, 0.1) is 5.82 Å². The third kappa shape index (κ3) is 4.21. The fourth-order valence-corrected chi connectivity index (χ4v) is 2.87. The predicted octanol–water partition coefficient (Wildman–Crippen LogP) is 1.47. The molecule has 1 fully saturated rings. The Morgan fingerprint density at radius 1 is 1.28 bits per heavy atom. The third-order valence-electron chi connectivity index (χ3n) is 4.14. The molecule has 132 valence electrons. The summed E-state index contributed by atoms with van der Waals surface area (Å²) in [5, 5.41) is 9.27. The van der Waals surface area contributed by atoms with Crippen molar-refractivity contribution >= 4 is 17.5 Å². The monoisotopic (exact) mass is 345 g/mol. The van der Waals surface area contributed by atoms with E-state index in [4.69, 9.17) is 0 Å². The van der Waals surface area contributed by atoms with E-state index < -0.39 is 5.82 Å². The molecular weight excluding hydrogens is 325 g/mol. The van der Waals surface area contributed by atoms with Crippen LogP contribution in [-0.2, 0) is 11.3 Å². The van der Waals surface area contributed by atoms with Gasteiger partial charge in [-0.3, -0.25) is 19.6 Å². The fraction of sp³-hybridized carbons (Fsp3) is 0.353. The normalized spacial score (nSPS) is 15.2. The zero-order valence-corrected chi connectivity index (χ0v) is 14.0. The van der Waals surface area contributed by atoms with E-state index >= 15 is 0 Å². The van der Waals surface area contributed by atoms with Gasteiger partial charge in [-0.25, -0.2) is 4.39 Å². The topological polar surface area (TPSA) is 81.3 Å². The number of hydrogen-bond acceptors (Lipinski definition) is 4. The first-order chi connectivity index (χ1) is 12.0. The van der Waals surface area contributed by atoms with E-state index in [0.29, 0.717) is 31.9 Å². The van der Waals surface area contributed by atoms with Crippen LogP contribution in [0.4, 0.5) is 10.1 Å². The second-order valence-electron chi connectivity index (χ2n) is 6.05. The lowest BCUT2D eigenvalue weighted by atomic mass is 10.1. The summed E-state index contributed by atoms with van der Waals surface area (Å²) in [5.41, 5.74) is 1.49. The highest BCUT2D eigenvalue weighted by Gasteiger charge is 2.24. The molecule has 2 aromatic rings. The van der Waals surface area contributed by atoms with Crippen LogP contribution in [0.1, 0.15) is 22.8 Å². The minimum atomic E-state index is -0.583. The Balaban J connectivity index is 1.63. The predicted molar refractivity (Wildman–Crippen MR) is 90.5 cm³/mol. The smallest absolute Gasteiger partial charge is 0.256 e. The highest BCUT2D eigenvalue weighted by molar-refractivity contribution is 5.97. The number of nitrogens with zero attached hydrogens (tertiary/aromatic N) is 3. The number of nitrogens with one attached hydrogen (secondary N) is 2. The molecule has 0 atom stereocenters. The zero-order chi connectivity index (χ0) is 17.8. The van der Waals surface area contributed by atoms with Gasteiger partial charge in [0.15, 0.2) is 0 Å². The number of amides is 2. The van der Waals surface area contributed by atoms with Crippen LogP contribution in [0.25, 0.3) is 0 Å². The molecule has 0 spiro atoms. The van der Waals surface area contributed by atoms with Crippen LogP contribution in [0.15, 0.2) is 30.6 Å². The quantitative estimate of drug-likeness (QED) is 0.879. The molecule has 0 radical (unpaired) electrons. The van der Waals surface area contributed by atoms with Gasteiger partial charge < -0.3 is 10.2 Å². The van der Waals surface area contributed by atoms with Gasteiger partial charge in [0.1, 0.15) is 5.82 Å². The first kappa shape index (κ1) is 17.1. The molecule has 25 heavy (non-hydrogen) atoms. The molecule has 2 heterocycles. The summed E-state index contributed by atoms with van der Waals surface area (Å²) in [6, 6.07) is 4.03. The number of aromatic nitrogens is 2. The first-order valence-electron chi connectivity index (χ1n) is 8.09. The number of aromatic amines is 1. The van der Waals surface area contributed by atoms with E-state index in [1.807, 2.05) is 6.20 Å². The summed E-state index contributed by atoms with van der Waals surface area (Å²) >= 11 is 0. The molecule has 8 heteroatoms. The Morgan fingerprint density at radius 2 is 2.04 bits per heavy atom. The lowest BCUT2D eigenvalue weighted by Crippen LogP contribution is -2.48. The van der Waals surface area contributed by atoms with Crippen molar-refractivity contribution < 1.29 is 14.0 Å². The summed E-state index contributed by atoms with van der Waals surface area (Å²) in [7, 11) is 0. The number of carbonyl (C=O) groups excluding carboxylic acids is 2. The van der Waals surface area contributed by atoms with Crippen LogP contribution >= 0.6 is 0 Å². The van der Waals surface area contributed by atoms with Crippen molar-refractivity contribution in [2.75, 3.05) is 31.5 Å². The molecule has 1 aromatic heterocycles. The van der Waals surface area contributed by atoms with E-state index in [1.54, 1.807) is 11.1 Å². The van der Waals surface area contributed by atoms with E-state index in [0.717, 1.165) is 12.1 Å². The maximum Gasteiger partial charge on any atom is 0.256 e. The minimum absolute atomic E-state index is 0.0189. The Kier molecular flexibility index (Phi) is 5.08. The zero-order valence-electron chi connectivity index (χ0n) is 14.0. The number of rotatable bonds is 4. The van der Waals surface area contributed by atoms with Gasteiger partial charge in [-0.1, -0.05) is 0 Å². The van der Waals surface area contributed by atoms with Gasteiger partial charge in [-0.2, -0.15) is 5.10 Å². The van der Waals surface area contributed by atoms with Crippen molar-refractivity contribution in [3.05, 3.63) is 47.5 Å². The molecule has 0 aliphatic carbocycles. The second-order valence-corrected chi connectivity index (χ2v) is 6.05. The van der Waals surface area contributed by atoms with Crippen molar-refractivity contribution in [2.45, 2.75) is 13.5 Å². The standard InChI is InChI=1S/C17H20FN5O2/c1-12(24)21-14-2-3-16(18)15(8-14)17(25)23-6-4-22(5-7-23)11-13-9-19-20-10-13/h2-3,8-10H,4-7,11H2,1H3,(H,19,20)(H,21,24). The molecular formula is C17H20FN5O2. The van der Waals surface area contributed by atoms with Crippen molar-refractivity contribution in [1.82, 2.24) is 20.0 Å². The summed E-state index contributed by atoms with van der Waals surface area (Å²) in [5.74, 6) is -1.20. The minimum Gasteiger partial charge on any atom is -0.336 e. The van der Waals surface area contributed by atoms with Crippen molar-refractivity contribution in [2.24, 2.45) is 0 Å². The third-order valence-corrected chi connectivity index (χ3v) is 4.14. The molecule has 1 aromatic carbocycles. The Bertz CT molecular complexity index is 754. The molecule has 2 N–H and O–H groups in total. The van der Waals surface area contributed by atoms with E-state index in [2.05, 4.69) is 20.4 Å². The maximum atomic E-state index is 14.1. The molecule has 3 rings (SSSR count). The van der Waals surface area contributed by atoms with Gasteiger partial charge in [-0.05, 0) is 18.2 Å². The maximum absolute atomic E-state index is 14.1. The Labute approximate surface area is 144 Å². The average molecular weight is 345 g/mol. The second kappa shape index (κ2) is 7.43. The van der Waals surface area contributed by atoms with Crippen LogP contribution in [0.2, 0.25) is 0 Å². The highest BCUT2D eigenvalue weighted by atomic mass is 19.1. The summed E-state index contributed by atoms with van der Waals surface area (Å²) in [6.07, 6.45) is 3.63. The molecule has 7 nitrogen and oxygen atoms in total. The molecule has 1 saturated heterocycles. The molecule has 1 aliphatic rings. The number of anilines is 1. The lowest BCUT2D eigenvalue weighted by molar-refractivity contribution is -0.114. The SMILES string of the molecule is CC(=O)Nc1ccc(F)c(C(=O)N2CCN(Cc3cn[nH]c3)CC2)c1. The number of hydrogen-bond donors (Lipinski definition) is 2. The highest BCUT2D eigenvalue weighted by Crippen LogP contribution is 2.18. The number of carbonyl (C=O) groups is 2. The van der Waals surface area contributed by atoms with Gasteiger partial charge in [0.25, 0.3) is 5.91 Å². The van der Waals surface area contributed by atoms with E-state index in [9.17, 15) is 14.0 Å². The number of benzene rings is 1. The summed E-state index contributed by atoms with van der Waals surface area (Å²) in [4.78, 5) is 27.6. The molecule has 0 bridgehead atoms. The van der Waals surface area contributed by atoms with Crippen LogP contribution < -0.4 is 5.32 Å². The van der Waals surface area contributed by atoms with Gasteiger partial charge >= 0.3 is 0 Å². The molecule has 0 unspecified atom stereocenters. The van der Waals surface area contributed by atoms with Crippen LogP contribution in [0.3, 0.4) is 0 Å². The van der Waals surface area contributed by atoms with Gasteiger partial charge in [0.2, 0.25) is 5.91 Å². The molecule has 1 aliphatic heterocycles. The molecule has 2 amide bonds. The number of H-pyrrole nitrogens is 1. The van der Waals surface area contributed by atoms with Crippen molar-refractivity contribution in [1.29, 1.82) is 0 Å². The molecule has 0 saturated carbocycles. The fourth-order valence-electron chi connectivity index (χ4n) is 2.87. The largest absolute Gasteiger partial charge is 0.336 e. The number of halogens is 1. The number of piperazine rings is 1. The van der Waals surface area contributed by atoms with Crippen molar-refractivity contribution in [3.63, 3.8) is 0 Å². The van der Waals surface area contributed by atoms with Gasteiger partial charge in [0, 0.05) is 57.1 Å². The van der Waals surface area contributed by atoms with Gasteiger partial charge in [-0.15, -0.1) is 0 Å². The van der Waals surface area contributed by atoms with Crippen molar-refractivity contribution in [3.8, 4) is 0 Å². The van der Waals surface area contributed by atoms with Gasteiger partial charge in [0.05, 0.1) is 11.8 Å².